The van der Waals surface area contributed by atoms with E-state index in [9.17, 15) is 0 Å². The molecule has 3 aliphatic carbocycles. The molecule has 1 atom stereocenters. The summed E-state index contributed by atoms with van der Waals surface area (Å²) in [4.78, 5) is 2.49. The van der Waals surface area contributed by atoms with E-state index in [2.05, 4.69) is 267 Å². The molecule has 72 heavy (non-hydrogen) atoms. The van der Waals surface area contributed by atoms with E-state index in [1.54, 1.807) is 0 Å². The largest absolute Gasteiger partial charge is 0.455 e. The van der Waals surface area contributed by atoms with E-state index >= 15 is 0 Å². The molecule has 0 amide bonds. The van der Waals surface area contributed by atoms with Crippen LogP contribution in [-0.2, 0) is 10.8 Å². The lowest BCUT2D eigenvalue weighted by Crippen LogP contribution is -2.25. The van der Waals surface area contributed by atoms with Gasteiger partial charge in [-0.15, -0.1) is 0 Å². The van der Waals surface area contributed by atoms with Gasteiger partial charge in [0.15, 0.2) is 0 Å². The van der Waals surface area contributed by atoms with Crippen molar-refractivity contribution in [3.05, 3.63) is 282 Å². The molecule has 15 rings (SSSR count). The third-order valence-corrected chi connectivity index (χ3v) is 16.3. The summed E-state index contributed by atoms with van der Waals surface area (Å²) in [6.45, 7) is 4.74. The summed E-state index contributed by atoms with van der Waals surface area (Å²) in [7, 11) is 0. The fraction of sp³-hybridized carbons (Fsp3) is 0.0571. The number of para-hydroxylation sites is 3. The average molecular weight is 918 g/mol. The highest BCUT2D eigenvalue weighted by atomic mass is 16.3. The maximum absolute atomic E-state index is 6.74. The standard InChI is InChI=1S/C70H47NO/c1-69(2)58-30-11-6-21-48(58)49-42-41-47(43-63(49)69)71(46-39-37-45(38-40-46)44-19-4-3-5-20-44)64-35-14-9-22-50(64)52-26-17-33-61-66(52)56-24-7-12-31-59(56)70(61)60-32-13-8-25-57(60)67-53(27-18-34-62(67)70)55-29-16-28-54-51-23-10-15-36-65(51)72-68(54)55/h3-43H,1-2H3. The number of fused-ring (bicyclic) bond motifs is 16. The van der Waals surface area contributed by atoms with Crippen LogP contribution in [0.25, 0.3) is 88.7 Å². The minimum Gasteiger partial charge on any atom is -0.455 e. The summed E-state index contributed by atoms with van der Waals surface area (Å²) in [5, 5.41) is 2.27. The Morgan fingerprint density at radius 3 is 1.53 bits per heavy atom. The van der Waals surface area contributed by atoms with Gasteiger partial charge in [0.2, 0.25) is 0 Å². The molecule has 0 saturated heterocycles. The maximum Gasteiger partial charge on any atom is 0.143 e. The van der Waals surface area contributed by atoms with E-state index in [1.165, 1.54) is 94.6 Å². The first-order chi connectivity index (χ1) is 35.5. The predicted octanol–water partition coefficient (Wildman–Crippen LogP) is 18.7. The van der Waals surface area contributed by atoms with Crippen LogP contribution in [0.4, 0.5) is 17.1 Å². The minimum absolute atomic E-state index is 0.158. The topological polar surface area (TPSA) is 16.4 Å². The average Bonchev–Trinajstić information content (AvgIpc) is 4.15. The van der Waals surface area contributed by atoms with Crippen molar-refractivity contribution in [2.75, 3.05) is 4.90 Å². The van der Waals surface area contributed by atoms with Gasteiger partial charge in [-0.05, 0) is 125 Å². The van der Waals surface area contributed by atoms with Gasteiger partial charge in [0.25, 0.3) is 0 Å². The van der Waals surface area contributed by atoms with Gasteiger partial charge in [0.05, 0.1) is 11.1 Å². The molecule has 3 aliphatic rings. The van der Waals surface area contributed by atoms with Crippen molar-refractivity contribution in [2.24, 2.45) is 0 Å². The van der Waals surface area contributed by atoms with Crippen LogP contribution in [0, 0.1) is 0 Å². The zero-order valence-corrected chi connectivity index (χ0v) is 40.0. The summed E-state index contributed by atoms with van der Waals surface area (Å²) >= 11 is 0. The van der Waals surface area contributed by atoms with Crippen LogP contribution in [0.2, 0.25) is 0 Å². The maximum atomic E-state index is 6.74. The van der Waals surface area contributed by atoms with E-state index in [0.717, 1.165) is 44.6 Å². The van der Waals surface area contributed by atoms with Crippen molar-refractivity contribution in [3.8, 4) is 66.8 Å². The highest BCUT2D eigenvalue weighted by Gasteiger charge is 2.53. The van der Waals surface area contributed by atoms with E-state index < -0.39 is 5.41 Å². The lowest BCUT2D eigenvalue weighted by atomic mass is 9.70. The molecular formula is C70H47NO. The van der Waals surface area contributed by atoms with Crippen molar-refractivity contribution < 1.29 is 4.42 Å². The van der Waals surface area contributed by atoms with Gasteiger partial charge in [-0.3, -0.25) is 0 Å². The Hall–Kier alpha value is -8.98. The molecule has 1 spiro atoms. The second-order valence-corrected chi connectivity index (χ2v) is 20.2. The second kappa shape index (κ2) is 15.3. The molecule has 12 aromatic rings. The summed E-state index contributed by atoms with van der Waals surface area (Å²) in [5.41, 5.74) is 27.2. The van der Waals surface area contributed by atoms with Crippen molar-refractivity contribution in [1.29, 1.82) is 0 Å². The van der Waals surface area contributed by atoms with Crippen molar-refractivity contribution in [2.45, 2.75) is 24.7 Å². The summed E-state index contributed by atoms with van der Waals surface area (Å²) in [6.07, 6.45) is 0. The third kappa shape index (κ3) is 5.55. The minimum atomic E-state index is -0.561. The summed E-state index contributed by atoms with van der Waals surface area (Å²) in [6, 6.07) is 92.2. The first-order valence-corrected chi connectivity index (χ1v) is 25.2. The number of hydrogen-bond acceptors (Lipinski definition) is 2. The molecule has 0 bridgehead atoms. The highest BCUT2D eigenvalue weighted by Crippen LogP contribution is 2.66. The summed E-state index contributed by atoms with van der Waals surface area (Å²) in [5.74, 6) is 0. The molecule has 0 fully saturated rings. The lowest BCUT2D eigenvalue weighted by Gasteiger charge is -2.31. The quantitative estimate of drug-likeness (QED) is 0.165. The van der Waals surface area contributed by atoms with Crippen LogP contribution < -0.4 is 4.90 Å². The van der Waals surface area contributed by atoms with Gasteiger partial charge in [-0.2, -0.15) is 0 Å². The molecule has 0 radical (unpaired) electrons. The SMILES string of the molecule is CC1(C)c2ccccc2-c2ccc(N(c3ccc(-c4ccccc4)cc3)c3ccccc3-c3cccc4c3-c3ccccc3C43c4ccccc4-c4c(-c5cccc6c5oc5ccccc56)cccc43)cc21. The van der Waals surface area contributed by atoms with Crippen molar-refractivity contribution in [1.82, 2.24) is 0 Å². The zero-order chi connectivity index (χ0) is 47.7. The molecule has 1 unspecified atom stereocenters. The Morgan fingerprint density at radius 2 is 0.806 bits per heavy atom. The lowest BCUT2D eigenvalue weighted by molar-refractivity contribution is 0.660. The first kappa shape index (κ1) is 40.9. The van der Waals surface area contributed by atoms with Crippen LogP contribution in [0.3, 0.4) is 0 Å². The van der Waals surface area contributed by atoms with Crippen molar-refractivity contribution >= 4 is 39.0 Å². The van der Waals surface area contributed by atoms with Gasteiger partial charge < -0.3 is 9.32 Å². The van der Waals surface area contributed by atoms with Gasteiger partial charge >= 0.3 is 0 Å². The normalized spacial score (nSPS) is 15.2. The van der Waals surface area contributed by atoms with Crippen LogP contribution in [0.1, 0.15) is 47.2 Å². The van der Waals surface area contributed by atoms with E-state index in [1.807, 2.05) is 0 Å². The zero-order valence-electron chi connectivity index (χ0n) is 40.0. The first-order valence-electron chi connectivity index (χ1n) is 25.2. The van der Waals surface area contributed by atoms with Crippen LogP contribution in [-0.4, -0.2) is 0 Å². The molecule has 1 aromatic heterocycles. The second-order valence-electron chi connectivity index (χ2n) is 20.2. The Labute approximate surface area is 419 Å². The molecule has 0 aliphatic heterocycles. The van der Waals surface area contributed by atoms with Gasteiger partial charge in [0, 0.05) is 38.7 Å². The molecular weight excluding hydrogens is 871 g/mol. The Morgan fingerprint density at radius 1 is 0.319 bits per heavy atom. The van der Waals surface area contributed by atoms with Crippen LogP contribution in [0.15, 0.2) is 253 Å². The molecule has 2 heteroatoms. The Kier molecular flexibility index (Phi) is 8.66. The number of nitrogens with zero attached hydrogens (tertiary/aromatic N) is 1. The van der Waals surface area contributed by atoms with Gasteiger partial charge in [-0.1, -0.05) is 226 Å². The number of benzene rings is 11. The monoisotopic (exact) mass is 917 g/mol. The highest BCUT2D eigenvalue weighted by molar-refractivity contribution is 6.12. The Balaban J connectivity index is 0.956. The van der Waals surface area contributed by atoms with Crippen LogP contribution >= 0.6 is 0 Å². The van der Waals surface area contributed by atoms with Gasteiger partial charge in [-0.25, -0.2) is 0 Å². The smallest absolute Gasteiger partial charge is 0.143 e. The molecule has 1 heterocycles. The van der Waals surface area contributed by atoms with Crippen molar-refractivity contribution in [3.63, 3.8) is 0 Å². The number of rotatable bonds is 6. The fourth-order valence-corrected chi connectivity index (χ4v) is 13.2. The Bertz CT molecular complexity index is 4190. The molecule has 0 N–H and O–H groups in total. The molecule has 11 aromatic carbocycles. The molecule has 0 saturated carbocycles. The fourth-order valence-electron chi connectivity index (χ4n) is 13.2. The number of anilines is 3. The van der Waals surface area contributed by atoms with Gasteiger partial charge in [0.1, 0.15) is 11.2 Å². The van der Waals surface area contributed by atoms with E-state index in [4.69, 9.17) is 4.42 Å². The van der Waals surface area contributed by atoms with E-state index in [0.29, 0.717) is 0 Å². The van der Waals surface area contributed by atoms with Crippen LogP contribution in [0.5, 0.6) is 0 Å². The number of furan rings is 1. The predicted molar refractivity (Wildman–Crippen MR) is 299 cm³/mol. The number of hydrogen-bond donors (Lipinski definition) is 0. The molecule has 2 nitrogen and oxygen atoms in total. The van der Waals surface area contributed by atoms with E-state index in [-0.39, 0.29) is 5.41 Å². The summed E-state index contributed by atoms with van der Waals surface area (Å²) < 4.78 is 6.74. The third-order valence-electron chi connectivity index (χ3n) is 16.3. The molecule has 338 valence electrons.